The van der Waals surface area contributed by atoms with Crippen molar-refractivity contribution in [3.8, 4) is 0 Å². The zero-order valence-corrected chi connectivity index (χ0v) is 14.9. The Morgan fingerprint density at radius 1 is 1.38 bits per heavy atom. The highest BCUT2D eigenvalue weighted by atomic mass is 35.5. The lowest BCUT2D eigenvalue weighted by molar-refractivity contribution is -0.0157. The first-order chi connectivity index (χ1) is 12.6. The van der Waals surface area contributed by atoms with Gasteiger partial charge in [-0.05, 0) is 12.1 Å². The third kappa shape index (κ3) is 3.20. The first-order valence-corrected chi connectivity index (χ1v) is 9.16. The summed E-state index contributed by atoms with van der Waals surface area (Å²) >= 11 is 7.44. The second-order valence-corrected chi connectivity index (χ2v) is 7.03. The number of ether oxygens (including phenoxy) is 2. The molecule has 2 atom stereocenters. The Morgan fingerprint density at radius 2 is 2.19 bits per heavy atom. The summed E-state index contributed by atoms with van der Waals surface area (Å²) in [5.74, 6) is 0.101. The molecule has 2 aromatic heterocycles. The number of nitrogens with zero attached hydrogens (tertiary/aromatic N) is 3. The Morgan fingerprint density at radius 3 is 3.00 bits per heavy atom. The van der Waals surface area contributed by atoms with Crippen LogP contribution < -0.4 is 5.69 Å². The number of nitrogens with one attached hydrogen (secondary N) is 1. The van der Waals surface area contributed by atoms with Crippen LogP contribution >= 0.6 is 23.4 Å². The van der Waals surface area contributed by atoms with Gasteiger partial charge in [0.2, 0.25) is 0 Å². The molecule has 8 nitrogen and oxygen atoms in total. The Bertz CT molecular complexity index is 1010. The van der Waals surface area contributed by atoms with E-state index in [1.807, 2.05) is 6.07 Å². The quantitative estimate of drug-likeness (QED) is 0.536. The van der Waals surface area contributed by atoms with E-state index in [9.17, 15) is 9.59 Å². The second kappa shape index (κ2) is 7.10. The first kappa shape index (κ1) is 17.1. The molecule has 4 rings (SSSR count). The maximum atomic E-state index is 12.2. The Kier molecular flexibility index (Phi) is 4.66. The van der Waals surface area contributed by atoms with E-state index in [1.165, 1.54) is 22.7 Å². The Hall–Kier alpha value is -2.36. The number of carbonyl (C=O) groups is 1. The molecule has 1 aliphatic heterocycles. The van der Waals surface area contributed by atoms with E-state index < -0.39 is 12.2 Å². The highest BCUT2D eigenvalue weighted by Crippen LogP contribution is 2.33. The molecule has 0 amide bonds. The fourth-order valence-electron chi connectivity index (χ4n) is 2.64. The van der Waals surface area contributed by atoms with E-state index in [2.05, 4.69) is 15.0 Å². The van der Waals surface area contributed by atoms with Gasteiger partial charge in [-0.25, -0.2) is 24.1 Å². The van der Waals surface area contributed by atoms with Crippen LogP contribution in [-0.4, -0.2) is 43.3 Å². The van der Waals surface area contributed by atoms with Crippen LogP contribution in [0.25, 0.3) is 11.2 Å². The number of H-pyrrole nitrogens is 1. The molecule has 0 saturated carbocycles. The van der Waals surface area contributed by atoms with Crippen molar-refractivity contribution in [2.45, 2.75) is 11.7 Å². The fourth-order valence-corrected chi connectivity index (χ4v) is 3.80. The molecule has 0 bridgehead atoms. The number of thioether (sulfide) groups is 1. The Balaban J connectivity index is 1.45. The molecule has 1 N–H and O–H groups in total. The maximum Gasteiger partial charge on any atom is 0.338 e. The number of fused-ring (bicyclic) bond motifs is 1. The van der Waals surface area contributed by atoms with Gasteiger partial charge in [0, 0.05) is 5.75 Å². The zero-order chi connectivity index (χ0) is 18.1. The number of aromatic amines is 1. The van der Waals surface area contributed by atoms with Gasteiger partial charge in [-0.2, -0.15) is 0 Å². The molecular formula is C16H13ClN4O4S. The minimum Gasteiger partial charge on any atom is -0.458 e. The predicted molar refractivity (Wildman–Crippen MR) is 96.3 cm³/mol. The molecule has 0 spiro atoms. The lowest BCUT2D eigenvalue weighted by Crippen LogP contribution is -2.25. The fraction of sp³-hybridized carbons (Fsp3) is 0.250. The summed E-state index contributed by atoms with van der Waals surface area (Å²) in [5, 5.41) is 0.171. The number of carbonyl (C=O) groups excluding carboxylic acids is 1. The van der Waals surface area contributed by atoms with Crippen molar-refractivity contribution < 1.29 is 14.3 Å². The molecule has 1 saturated heterocycles. The summed E-state index contributed by atoms with van der Waals surface area (Å²) < 4.78 is 12.5. The topological polar surface area (TPSA) is 99.1 Å². The number of esters is 1. The molecule has 10 heteroatoms. The van der Waals surface area contributed by atoms with Crippen LogP contribution in [-0.2, 0) is 9.47 Å². The van der Waals surface area contributed by atoms with E-state index in [1.54, 1.807) is 24.3 Å². The maximum absolute atomic E-state index is 12.2. The van der Waals surface area contributed by atoms with Crippen LogP contribution in [0, 0.1) is 0 Å². The monoisotopic (exact) mass is 392 g/mol. The van der Waals surface area contributed by atoms with E-state index in [0.717, 1.165) is 0 Å². The van der Waals surface area contributed by atoms with Gasteiger partial charge < -0.3 is 14.5 Å². The van der Waals surface area contributed by atoms with Crippen LogP contribution in [0.15, 0.2) is 41.5 Å². The minimum absolute atomic E-state index is 0.0851. The first-order valence-electron chi connectivity index (χ1n) is 7.73. The van der Waals surface area contributed by atoms with E-state index in [0.29, 0.717) is 22.5 Å². The second-order valence-electron chi connectivity index (χ2n) is 5.48. The van der Waals surface area contributed by atoms with Crippen LogP contribution in [0.2, 0.25) is 5.15 Å². The molecular weight excluding hydrogens is 380 g/mol. The van der Waals surface area contributed by atoms with Gasteiger partial charge >= 0.3 is 11.7 Å². The van der Waals surface area contributed by atoms with Gasteiger partial charge in [-0.15, -0.1) is 11.8 Å². The number of rotatable bonds is 4. The van der Waals surface area contributed by atoms with E-state index in [-0.39, 0.29) is 22.9 Å². The number of aromatic nitrogens is 4. The van der Waals surface area contributed by atoms with Crippen molar-refractivity contribution in [2.24, 2.45) is 0 Å². The third-order valence-corrected chi connectivity index (χ3v) is 5.22. The molecule has 134 valence electrons. The highest BCUT2D eigenvalue weighted by molar-refractivity contribution is 8.00. The van der Waals surface area contributed by atoms with Crippen molar-refractivity contribution in [1.82, 2.24) is 19.5 Å². The van der Waals surface area contributed by atoms with Crippen molar-refractivity contribution >= 4 is 40.5 Å². The van der Waals surface area contributed by atoms with Gasteiger partial charge in [-0.1, -0.05) is 29.8 Å². The molecule has 26 heavy (non-hydrogen) atoms. The molecule has 1 aromatic carbocycles. The van der Waals surface area contributed by atoms with Gasteiger partial charge in [0.25, 0.3) is 0 Å². The summed E-state index contributed by atoms with van der Waals surface area (Å²) in [6, 6.07) is 8.73. The van der Waals surface area contributed by atoms with Crippen molar-refractivity contribution in [2.75, 3.05) is 12.4 Å². The van der Waals surface area contributed by atoms with Crippen LogP contribution in [0.4, 0.5) is 0 Å². The summed E-state index contributed by atoms with van der Waals surface area (Å²) in [5.41, 5.74) is 0.470. The van der Waals surface area contributed by atoms with E-state index in [4.69, 9.17) is 21.1 Å². The zero-order valence-electron chi connectivity index (χ0n) is 13.3. The highest BCUT2D eigenvalue weighted by Gasteiger charge is 2.31. The van der Waals surface area contributed by atoms with Gasteiger partial charge in [0.15, 0.2) is 17.0 Å². The van der Waals surface area contributed by atoms with Crippen molar-refractivity contribution in [1.29, 1.82) is 0 Å². The summed E-state index contributed by atoms with van der Waals surface area (Å²) in [6.45, 7) is 0.0851. The van der Waals surface area contributed by atoms with Gasteiger partial charge in [-0.3, -0.25) is 0 Å². The standard InChI is InChI=1S/C16H13ClN4O4S/c17-13-12-14(19-8-18-13)21(16(23)20-12)10-7-26-11(25-10)6-24-15(22)9-4-2-1-3-5-9/h1-5,8,10-11H,6-7H2,(H,20,23). The normalized spacial score (nSPS) is 19.7. The van der Waals surface area contributed by atoms with Crippen molar-refractivity contribution in [3.05, 3.63) is 57.9 Å². The number of benzene rings is 1. The third-order valence-electron chi connectivity index (χ3n) is 3.84. The molecule has 1 fully saturated rings. The predicted octanol–water partition coefficient (Wildman–Crippen LogP) is 2.22. The number of hydrogen-bond donors (Lipinski definition) is 1. The number of halogens is 1. The molecule has 0 radical (unpaired) electrons. The molecule has 3 aromatic rings. The number of imidazole rings is 1. The van der Waals surface area contributed by atoms with E-state index >= 15 is 0 Å². The molecule has 3 heterocycles. The smallest absolute Gasteiger partial charge is 0.338 e. The summed E-state index contributed by atoms with van der Waals surface area (Å²) in [7, 11) is 0. The average molecular weight is 393 g/mol. The average Bonchev–Trinajstić information content (AvgIpc) is 3.24. The van der Waals surface area contributed by atoms with Crippen LogP contribution in [0.3, 0.4) is 0 Å². The largest absolute Gasteiger partial charge is 0.458 e. The number of hydrogen-bond acceptors (Lipinski definition) is 7. The SMILES string of the molecule is O=C(OCC1OC(n2c(=O)[nH]c3c(Cl)ncnc32)CS1)c1ccccc1. The van der Waals surface area contributed by atoms with Gasteiger partial charge in [0.1, 0.15) is 23.9 Å². The minimum atomic E-state index is -0.535. The Labute approximate surface area is 156 Å². The lowest BCUT2D eigenvalue weighted by Gasteiger charge is -2.13. The van der Waals surface area contributed by atoms with Crippen LogP contribution in [0.1, 0.15) is 16.6 Å². The molecule has 2 unspecified atom stereocenters. The van der Waals surface area contributed by atoms with Gasteiger partial charge in [0.05, 0.1) is 5.56 Å². The lowest BCUT2D eigenvalue weighted by atomic mass is 10.2. The van der Waals surface area contributed by atoms with Crippen molar-refractivity contribution in [3.63, 3.8) is 0 Å². The molecule has 0 aliphatic carbocycles. The van der Waals surface area contributed by atoms with Crippen LogP contribution in [0.5, 0.6) is 0 Å². The summed E-state index contributed by atoms with van der Waals surface area (Å²) in [6.07, 6.45) is 0.753. The molecule has 1 aliphatic rings. The summed E-state index contributed by atoms with van der Waals surface area (Å²) in [4.78, 5) is 34.8.